The van der Waals surface area contributed by atoms with Crippen LogP contribution in [0.3, 0.4) is 0 Å². The smallest absolute Gasteiger partial charge is 0.354 e. The third-order valence-corrected chi connectivity index (χ3v) is 8.33. The second-order valence-corrected chi connectivity index (χ2v) is 10.9. The molecule has 9 heteroatoms. The quantitative estimate of drug-likeness (QED) is 0.311. The van der Waals surface area contributed by atoms with Crippen molar-refractivity contribution in [3.8, 4) is 11.1 Å². The molecule has 9 nitrogen and oxygen atoms in total. The van der Waals surface area contributed by atoms with E-state index in [1.54, 1.807) is 37.4 Å². The lowest BCUT2D eigenvalue weighted by Gasteiger charge is -2.41. The molecule has 2 aliphatic rings. The number of hydrogen-bond donors (Lipinski definition) is 1. The first-order valence-electron chi connectivity index (χ1n) is 14.0. The van der Waals surface area contributed by atoms with Crippen LogP contribution in [0.5, 0.6) is 0 Å². The van der Waals surface area contributed by atoms with Gasteiger partial charge in [-0.2, -0.15) is 0 Å². The van der Waals surface area contributed by atoms with Crippen molar-refractivity contribution in [1.29, 1.82) is 0 Å². The highest BCUT2D eigenvalue weighted by Gasteiger charge is 2.59. The maximum Gasteiger partial charge on any atom is 0.354 e. The summed E-state index contributed by atoms with van der Waals surface area (Å²) in [5.41, 5.74) is 3.68. The monoisotopic (exact) mass is 561 g/mol. The normalized spacial score (nSPS) is 16.8. The second-order valence-electron chi connectivity index (χ2n) is 10.9. The van der Waals surface area contributed by atoms with Crippen molar-refractivity contribution in [2.24, 2.45) is 0 Å². The summed E-state index contributed by atoms with van der Waals surface area (Å²) in [6.45, 7) is 5.44. The summed E-state index contributed by atoms with van der Waals surface area (Å²) < 4.78 is 0. The van der Waals surface area contributed by atoms with Crippen molar-refractivity contribution in [2.45, 2.75) is 38.8 Å². The standard InChI is InChI=1S/C33H31N5O4/c1-22-7-6-18-34-27(22)21-36-19-16-33(17-20-36)31(41)37(26-13-11-25(12-14-26)24-8-4-3-5-9-24)32(42)38(33)28-15-10-23(2)29(35-28)30(39)40/h3-15,18H,16-17,19-21H2,1-2H3,(H,39,40). The van der Waals surface area contributed by atoms with Crippen molar-refractivity contribution in [1.82, 2.24) is 14.9 Å². The first-order valence-corrected chi connectivity index (χ1v) is 14.0. The number of carbonyl (C=O) groups excluding carboxylic acids is 2. The molecule has 42 heavy (non-hydrogen) atoms. The van der Waals surface area contributed by atoms with E-state index in [4.69, 9.17) is 0 Å². The van der Waals surface area contributed by atoms with Crippen LogP contribution < -0.4 is 9.80 Å². The molecule has 0 aliphatic carbocycles. The number of aromatic carboxylic acids is 1. The van der Waals surface area contributed by atoms with Gasteiger partial charge in [0.05, 0.1) is 11.4 Å². The zero-order valence-electron chi connectivity index (χ0n) is 23.5. The minimum absolute atomic E-state index is 0.142. The van der Waals surface area contributed by atoms with E-state index in [2.05, 4.69) is 14.9 Å². The van der Waals surface area contributed by atoms with Gasteiger partial charge in [0.25, 0.3) is 5.91 Å². The van der Waals surface area contributed by atoms with Crippen LogP contribution in [0.1, 0.15) is 40.2 Å². The van der Waals surface area contributed by atoms with Crippen LogP contribution in [0, 0.1) is 13.8 Å². The second kappa shape index (κ2) is 10.8. The molecule has 0 bridgehead atoms. The first-order chi connectivity index (χ1) is 20.3. The fourth-order valence-electron chi connectivity index (χ4n) is 5.93. The minimum atomic E-state index is -1.19. The van der Waals surface area contributed by atoms with Crippen LogP contribution in [0.4, 0.5) is 16.3 Å². The van der Waals surface area contributed by atoms with Crippen LogP contribution in [-0.4, -0.2) is 56.5 Å². The van der Waals surface area contributed by atoms with Gasteiger partial charge < -0.3 is 5.11 Å². The van der Waals surface area contributed by atoms with Crippen LogP contribution in [0.25, 0.3) is 11.1 Å². The lowest BCUT2D eigenvalue weighted by Crippen LogP contribution is -2.57. The molecule has 3 amide bonds. The van der Waals surface area contributed by atoms with Gasteiger partial charge in [-0.05, 0) is 73.2 Å². The number of rotatable bonds is 6. The summed E-state index contributed by atoms with van der Waals surface area (Å²) in [7, 11) is 0. The molecule has 2 aromatic carbocycles. The molecular formula is C33H31N5O4. The first kappa shape index (κ1) is 27.3. The van der Waals surface area contributed by atoms with E-state index in [9.17, 15) is 19.5 Å². The van der Waals surface area contributed by atoms with Crippen LogP contribution in [-0.2, 0) is 11.3 Å². The summed E-state index contributed by atoms with van der Waals surface area (Å²) in [6.07, 6.45) is 2.53. The number of carboxylic acid groups (broad SMARTS) is 1. The van der Waals surface area contributed by atoms with E-state index >= 15 is 0 Å². The number of aryl methyl sites for hydroxylation is 2. The molecule has 2 saturated heterocycles. The largest absolute Gasteiger partial charge is 0.477 e. The Morgan fingerprint density at radius 2 is 1.55 bits per heavy atom. The number of hydrogen-bond acceptors (Lipinski definition) is 6. The maximum atomic E-state index is 14.3. The summed E-state index contributed by atoms with van der Waals surface area (Å²) in [4.78, 5) is 54.2. The van der Waals surface area contributed by atoms with Gasteiger partial charge in [-0.25, -0.2) is 19.5 Å². The molecule has 0 atom stereocenters. The lowest BCUT2D eigenvalue weighted by molar-refractivity contribution is -0.123. The third-order valence-electron chi connectivity index (χ3n) is 8.33. The number of benzene rings is 2. The van der Waals surface area contributed by atoms with Crippen LogP contribution in [0.15, 0.2) is 85.1 Å². The number of amides is 3. The molecule has 212 valence electrons. The van der Waals surface area contributed by atoms with E-state index in [1.807, 2.05) is 61.5 Å². The number of urea groups is 1. The van der Waals surface area contributed by atoms with E-state index in [-0.39, 0.29) is 17.4 Å². The Kier molecular flexibility index (Phi) is 7.04. The molecule has 0 unspecified atom stereocenters. The van der Waals surface area contributed by atoms with E-state index in [1.165, 1.54) is 9.80 Å². The van der Waals surface area contributed by atoms with Gasteiger partial charge in [0.1, 0.15) is 11.4 Å². The van der Waals surface area contributed by atoms with E-state index < -0.39 is 17.5 Å². The molecule has 2 fully saturated rings. The Morgan fingerprint density at radius 3 is 2.21 bits per heavy atom. The van der Waals surface area contributed by atoms with Gasteiger partial charge >= 0.3 is 12.0 Å². The molecular weight excluding hydrogens is 530 g/mol. The van der Waals surface area contributed by atoms with Crippen molar-refractivity contribution >= 4 is 29.4 Å². The number of likely N-dealkylation sites (tertiary alicyclic amines) is 1. The maximum absolute atomic E-state index is 14.3. The lowest BCUT2D eigenvalue weighted by atomic mass is 9.85. The van der Waals surface area contributed by atoms with Crippen molar-refractivity contribution in [2.75, 3.05) is 22.9 Å². The van der Waals surface area contributed by atoms with Gasteiger partial charge in [-0.15, -0.1) is 0 Å². The zero-order valence-corrected chi connectivity index (χ0v) is 23.5. The Hall–Kier alpha value is -4.89. The Morgan fingerprint density at radius 1 is 0.857 bits per heavy atom. The number of carboxylic acids is 1. The summed E-state index contributed by atoms with van der Waals surface area (Å²) in [5.74, 6) is -1.35. The van der Waals surface area contributed by atoms with Crippen LogP contribution >= 0.6 is 0 Å². The predicted molar refractivity (Wildman–Crippen MR) is 159 cm³/mol. The molecule has 1 N–H and O–H groups in total. The zero-order chi connectivity index (χ0) is 29.4. The highest BCUT2D eigenvalue weighted by atomic mass is 16.4. The fourth-order valence-corrected chi connectivity index (χ4v) is 5.93. The number of nitrogens with zero attached hydrogens (tertiary/aromatic N) is 5. The third kappa shape index (κ3) is 4.71. The number of imide groups is 1. The molecule has 6 rings (SSSR count). The average Bonchev–Trinajstić information content (AvgIpc) is 3.21. The van der Waals surface area contributed by atoms with Crippen molar-refractivity contribution in [3.63, 3.8) is 0 Å². The molecule has 4 aromatic rings. The van der Waals surface area contributed by atoms with Gasteiger partial charge in [0.2, 0.25) is 0 Å². The average molecular weight is 562 g/mol. The SMILES string of the molecule is Cc1cccnc1CN1CCC2(CC1)C(=O)N(c1ccc(-c3ccccc3)cc1)C(=O)N2c1ccc(C)c(C(=O)O)n1. The van der Waals surface area contributed by atoms with Gasteiger partial charge in [0.15, 0.2) is 5.69 Å². The van der Waals surface area contributed by atoms with E-state index in [0.29, 0.717) is 43.7 Å². The summed E-state index contributed by atoms with van der Waals surface area (Å²) in [5, 5.41) is 9.74. The summed E-state index contributed by atoms with van der Waals surface area (Å²) in [6, 6.07) is 23.9. The van der Waals surface area contributed by atoms with Crippen molar-refractivity contribution in [3.05, 3.63) is 108 Å². The van der Waals surface area contributed by atoms with Gasteiger partial charge in [-0.1, -0.05) is 54.6 Å². The van der Waals surface area contributed by atoms with E-state index in [0.717, 1.165) is 22.4 Å². The van der Waals surface area contributed by atoms with Crippen molar-refractivity contribution < 1.29 is 19.5 Å². The van der Waals surface area contributed by atoms with Gasteiger partial charge in [0, 0.05) is 25.8 Å². The molecule has 2 aliphatic heterocycles. The number of anilines is 2. The Balaban J connectivity index is 1.35. The molecule has 4 heterocycles. The highest BCUT2D eigenvalue weighted by Crippen LogP contribution is 2.42. The van der Waals surface area contributed by atoms with Gasteiger partial charge in [-0.3, -0.25) is 19.6 Å². The Labute approximate surface area is 244 Å². The number of carbonyl (C=O) groups is 3. The number of piperidine rings is 1. The topological polar surface area (TPSA) is 107 Å². The molecule has 0 radical (unpaired) electrons. The molecule has 0 saturated carbocycles. The minimum Gasteiger partial charge on any atom is -0.477 e. The molecule has 2 aromatic heterocycles. The van der Waals surface area contributed by atoms with Crippen LogP contribution in [0.2, 0.25) is 0 Å². The molecule has 1 spiro atoms. The number of aromatic nitrogens is 2. The summed E-state index contributed by atoms with van der Waals surface area (Å²) >= 11 is 0. The highest BCUT2D eigenvalue weighted by molar-refractivity contribution is 6.30. The fraction of sp³-hybridized carbons (Fsp3) is 0.242. The Bertz CT molecular complexity index is 1660. The number of pyridine rings is 2. The predicted octanol–water partition coefficient (Wildman–Crippen LogP) is 5.47.